The van der Waals surface area contributed by atoms with Gasteiger partial charge in [-0.05, 0) is 11.5 Å². The summed E-state index contributed by atoms with van der Waals surface area (Å²) in [4.78, 5) is 4.08. The fourth-order valence-corrected chi connectivity index (χ4v) is 1.23. The van der Waals surface area contributed by atoms with E-state index in [4.69, 9.17) is 10.0 Å². The van der Waals surface area contributed by atoms with Crippen molar-refractivity contribution in [2.24, 2.45) is 0 Å². The van der Waals surface area contributed by atoms with Gasteiger partial charge in [0.1, 0.15) is 0 Å². The van der Waals surface area contributed by atoms with Crippen LogP contribution >= 0.6 is 12.4 Å². The number of rotatable bonds is 1. The summed E-state index contributed by atoms with van der Waals surface area (Å²) < 4.78 is 0. The van der Waals surface area contributed by atoms with Crippen LogP contribution in [0.2, 0.25) is 0 Å². The summed E-state index contributed by atoms with van der Waals surface area (Å²) in [6, 6.07) is 9.26. The first-order valence-corrected chi connectivity index (χ1v) is 3.98. The third-order valence-electron chi connectivity index (χ3n) is 1.91. The number of hydrogen-bond donors (Lipinski definition) is 2. The third-order valence-corrected chi connectivity index (χ3v) is 1.91. The molecule has 0 aliphatic carbocycles. The van der Waals surface area contributed by atoms with Gasteiger partial charge in [0.2, 0.25) is 0 Å². The van der Waals surface area contributed by atoms with Gasteiger partial charge in [-0.15, -0.1) is 12.4 Å². The van der Waals surface area contributed by atoms with Crippen molar-refractivity contribution in [2.75, 3.05) is 0 Å². The number of nitrogens with zero attached hydrogens (tertiary/aromatic N) is 1. The van der Waals surface area contributed by atoms with Crippen molar-refractivity contribution < 1.29 is 10.0 Å². The van der Waals surface area contributed by atoms with Gasteiger partial charge < -0.3 is 10.0 Å². The Labute approximate surface area is 88.0 Å². The summed E-state index contributed by atoms with van der Waals surface area (Å²) >= 11 is 0. The van der Waals surface area contributed by atoms with Crippen LogP contribution in [0.1, 0.15) is 0 Å². The number of hydrogen-bond acceptors (Lipinski definition) is 3. The summed E-state index contributed by atoms with van der Waals surface area (Å²) in [5.41, 5.74) is 1.27. The number of aromatic nitrogens is 1. The monoisotopic (exact) mass is 209 g/mol. The zero-order valence-corrected chi connectivity index (χ0v) is 8.11. The fourth-order valence-electron chi connectivity index (χ4n) is 1.23. The summed E-state index contributed by atoms with van der Waals surface area (Å²) in [6.07, 6.45) is 1.47. The normalized spacial score (nSPS) is 9.57. The van der Waals surface area contributed by atoms with Gasteiger partial charge in [-0.25, -0.2) is 0 Å². The first kappa shape index (κ1) is 11.0. The van der Waals surface area contributed by atoms with Crippen LogP contribution in [0.4, 0.5) is 0 Å². The smallest absolute Gasteiger partial charge is 0.423 e. The van der Waals surface area contributed by atoms with Crippen LogP contribution in [0, 0.1) is 0 Å². The molecule has 0 spiro atoms. The van der Waals surface area contributed by atoms with Crippen molar-refractivity contribution >= 4 is 35.9 Å². The molecule has 0 radical (unpaired) electrons. The van der Waals surface area contributed by atoms with E-state index in [0.29, 0.717) is 5.46 Å². The second-order valence-corrected chi connectivity index (χ2v) is 2.84. The molecule has 2 aromatic rings. The molecule has 0 amide bonds. The molecular weight excluding hydrogens is 200 g/mol. The minimum atomic E-state index is -1.45. The van der Waals surface area contributed by atoms with Crippen LogP contribution in [0.3, 0.4) is 0 Å². The van der Waals surface area contributed by atoms with Gasteiger partial charge >= 0.3 is 7.12 Å². The van der Waals surface area contributed by atoms with E-state index in [1.165, 1.54) is 6.20 Å². The molecule has 0 fully saturated rings. The highest BCUT2D eigenvalue weighted by atomic mass is 35.5. The van der Waals surface area contributed by atoms with E-state index < -0.39 is 7.12 Å². The lowest BCUT2D eigenvalue weighted by atomic mass is 9.81. The van der Waals surface area contributed by atoms with Crippen molar-refractivity contribution in [1.29, 1.82) is 0 Å². The average Bonchev–Trinajstić information content (AvgIpc) is 2.17. The van der Waals surface area contributed by atoms with Crippen molar-refractivity contribution in [3.05, 3.63) is 36.5 Å². The first-order valence-electron chi connectivity index (χ1n) is 3.98. The molecule has 0 saturated carbocycles. The molecule has 72 valence electrons. The highest BCUT2D eigenvalue weighted by molar-refractivity contribution is 6.58. The van der Waals surface area contributed by atoms with Crippen LogP contribution in [-0.4, -0.2) is 22.2 Å². The molecule has 1 aromatic carbocycles. The second-order valence-electron chi connectivity index (χ2n) is 2.84. The second kappa shape index (κ2) is 4.42. The van der Waals surface area contributed by atoms with Gasteiger partial charge in [0.15, 0.2) is 0 Å². The average molecular weight is 209 g/mol. The third kappa shape index (κ3) is 2.04. The van der Waals surface area contributed by atoms with Crippen molar-refractivity contribution in [2.45, 2.75) is 0 Å². The summed E-state index contributed by atoms with van der Waals surface area (Å²) in [7, 11) is -1.45. The molecule has 0 unspecified atom stereocenters. The summed E-state index contributed by atoms with van der Waals surface area (Å²) in [6.45, 7) is 0. The zero-order chi connectivity index (χ0) is 9.26. The lowest BCUT2D eigenvalue weighted by molar-refractivity contribution is 0.425. The molecule has 0 saturated heterocycles. The maximum absolute atomic E-state index is 8.90. The van der Waals surface area contributed by atoms with E-state index in [1.807, 2.05) is 24.3 Å². The van der Waals surface area contributed by atoms with E-state index in [2.05, 4.69) is 4.98 Å². The van der Waals surface area contributed by atoms with E-state index in [1.54, 1.807) is 6.07 Å². The topological polar surface area (TPSA) is 53.4 Å². The summed E-state index contributed by atoms with van der Waals surface area (Å²) in [5, 5.41) is 18.7. The Morgan fingerprint density at radius 1 is 1.14 bits per heavy atom. The number of para-hydroxylation sites is 1. The Balaban J connectivity index is 0.000000980. The number of fused-ring (bicyclic) bond motifs is 1. The largest absolute Gasteiger partial charge is 0.490 e. The molecule has 0 aliphatic rings. The molecule has 2 rings (SSSR count). The van der Waals surface area contributed by atoms with E-state index >= 15 is 0 Å². The Hall–Kier alpha value is -1.10. The highest BCUT2D eigenvalue weighted by Crippen LogP contribution is 2.07. The SMILES string of the molecule is Cl.OB(O)c1cnc2ccccc2c1. The number of pyridine rings is 1. The Morgan fingerprint density at radius 3 is 2.57 bits per heavy atom. The fraction of sp³-hybridized carbons (Fsp3) is 0. The van der Waals surface area contributed by atoms with Crippen LogP contribution in [0.5, 0.6) is 0 Å². The molecular formula is C9H9BClNO2. The van der Waals surface area contributed by atoms with E-state index in [0.717, 1.165) is 10.9 Å². The predicted molar refractivity (Wildman–Crippen MR) is 58.8 cm³/mol. The molecule has 0 bridgehead atoms. The molecule has 1 aromatic heterocycles. The number of benzene rings is 1. The van der Waals surface area contributed by atoms with Crippen LogP contribution < -0.4 is 5.46 Å². The molecule has 5 heteroatoms. The summed E-state index contributed by atoms with van der Waals surface area (Å²) in [5.74, 6) is 0. The van der Waals surface area contributed by atoms with Gasteiger partial charge in [-0.2, -0.15) is 0 Å². The molecule has 2 N–H and O–H groups in total. The first-order chi connectivity index (χ1) is 6.27. The van der Waals surface area contributed by atoms with Crippen molar-refractivity contribution in [3.63, 3.8) is 0 Å². The molecule has 3 nitrogen and oxygen atoms in total. The predicted octanol–water partition coefficient (Wildman–Crippen LogP) is 0.336. The van der Waals surface area contributed by atoms with Gasteiger partial charge in [-0.3, -0.25) is 4.98 Å². The molecule has 0 aliphatic heterocycles. The maximum Gasteiger partial charge on any atom is 0.490 e. The van der Waals surface area contributed by atoms with E-state index in [9.17, 15) is 0 Å². The lowest BCUT2D eigenvalue weighted by Gasteiger charge is -2.00. The lowest BCUT2D eigenvalue weighted by Crippen LogP contribution is -2.29. The van der Waals surface area contributed by atoms with Gasteiger partial charge in [0, 0.05) is 11.7 Å². The minimum absolute atomic E-state index is 0. The van der Waals surface area contributed by atoms with Crippen molar-refractivity contribution in [1.82, 2.24) is 4.98 Å². The quantitative estimate of drug-likeness (QED) is 0.666. The zero-order valence-electron chi connectivity index (χ0n) is 7.29. The van der Waals surface area contributed by atoms with Crippen LogP contribution in [0.15, 0.2) is 36.5 Å². The standard InChI is InChI=1S/C9H8BNO2.ClH/c12-10(13)8-5-7-3-1-2-4-9(7)11-6-8;/h1-6,12-13H;1H. The molecule has 14 heavy (non-hydrogen) atoms. The van der Waals surface area contributed by atoms with Crippen LogP contribution in [0.25, 0.3) is 10.9 Å². The Morgan fingerprint density at radius 2 is 1.86 bits per heavy atom. The minimum Gasteiger partial charge on any atom is -0.423 e. The van der Waals surface area contributed by atoms with Gasteiger partial charge in [0.05, 0.1) is 5.52 Å². The maximum atomic E-state index is 8.90. The van der Waals surface area contributed by atoms with Gasteiger partial charge in [-0.1, -0.05) is 24.3 Å². The van der Waals surface area contributed by atoms with Crippen molar-refractivity contribution in [3.8, 4) is 0 Å². The molecule has 1 heterocycles. The van der Waals surface area contributed by atoms with Crippen LogP contribution in [-0.2, 0) is 0 Å². The number of halogens is 1. The molecule has 0 atom stereocenters. The van der Waals surface area contributed by atoms with Gasteiger partial charge in [0.25, 0.3) is 0 Å². The highest BCUT2D eigenvalue weighted by Gasteiger charge is 2.10. The Kier molecular flexibility index (Phi) is 3.46. The Bertz CT molecular complexity index is 436. The van der Waals surface area contributed by atoms with E-state index in [-0.39, 0.29) is 12.4 Å².